The van der Waals surface area contributed by atoms with E-state index in [1.54, 1.807) is 0 Å². The predicted octanol–water partition coefficient (Wildman–Crippen LogP) is 1.64. The maximum absolute atomic E-state index is 13.4. The van der Waals surface area contributed by atoms with Crippen LogP contribution in [0.5, 0.6) is 11.5 Å². The van der Waals surface area contributed by atoms with E-state index in [4.69, 9.17) is 4.74 Å². The zero-order valence-electron chi connectivity index (χ0n) is 8.69. The Kier molecular flexibility index (Phi) is 3.14. The molecule has 2 rings (SSSR count). The van der Waals surface area contributed by atoms with Gasteiger partial charge in [-0.05, 0) is 18.6 Å². The van der Waals surface area contributed by atoms with E-state index in [-0.39, 0.29) is 24.1 Å². The van der Waals surface area contributed by atoms with Crippen LogP contribution in [0.25, 0.3) is 0 Å². The minimum absolute atomic E-state index is 0.00325. The third kappa shape index (κ3) is 2.36. The number of benzene rings is 1. The minimum atomic E-state index is -1.10. The van der Waals surface area contributed by atoms with E-state index < -0.39 is 6.17 Å². The van der Waals surface area contributed by atoms with Gasteiger partial charge in [-0.25, -0.2) is 4.39 Å². The van der Waals surface area contributed by atoms with Crippen LogP contribution in [-0.4, -0.2) is 35.6 Å². The zero-order valence-corrected chi connectivity index (χ0v) is 8.69. The summed E-state index contributed by atoms with van der Waals surface area (Å²) in [5.41, 5.74) is 0.342. The molecule has 16 heavy (non-hydrogen) atoms. The summed E-state index contributed by atoms with van der Waals surface area (Å²) >= 11 is 0. The van der Waals surface area contributed by atoms with E-state index in [9.17, 15) is 14.6 Å². The molecule has 0 aliphatic carbocycles. The van der Waals surface area contributed by atoms with Crippen molar-refractivity contribution < 1.29 is 19.3 Å². The highest BCUT2D eigenvalue weighted by molar-refractivity contribution is 5.59. The Morgan fingerprint density at radius 3 is 2.94 bits per heavy atom. The van der Waals surface area contributed by atoms with Crippen molar-refractivity contribution in [2.75, 3.05) is 18.5 Å². The fraction of sp³-hybridized carbons (Fsp3) is 0.455. The van der Waals surface area contributed by atoms with Gasteiger partial charge in [-0.1, -0.05) is 0 Å². The Labute approximate surface area is 92.7 Å². The summed E-state index contributed by atoms with van der Waals surface area (Å²) in [6.07, 6.45) is -0.563. The lowest BCUT2D eigenvalue weighted by Crippen LogP contribution is -2.39. The lowest BCUT2D eigenvalue weighted by molar-refractivity contribution is 0.0285. The van der Waals surface area contributed by atoms with Crippen LogP contribution in [0.1, 0.15) is 6.42 Å². The molecule has 0 amide bonds. The van der Waals surface area contributed by atoms with Crippen molar-refractivity contribution in [3.8, 4) is 11.5 Å². The molecule has 1 aromatic carbocycles. The zero-order chi connectivity index (χ0) is 11.5. The summed E-state index contributed by atoms with van der Waals surface area (Å²) < 4.78 is 18.4. The fourth-order valence-corrected chi connectivity index (χ4v) is 1.71. The van der Waals surface area contributed by atoms with E-state index in [1.165, 1.54) is 18.2 Å². The van der Waals surface area contributed by atoms with Gasteiger partial charge in [0.15, 0.2) is 0 Å². The summed E-state index contributed by atoms with van der Waals surface area (Å²) in [5, 5.41) is 21.7. The van der Waals surface area contributed by atoms with Gasteiger partial charge in [0.2, 0.25) is 0 Å². The molecule has 0 saturated carbocycles. The molecule has 0 radical (unpaired) electrons. The highest BCUT2D eigenvalue weighted by atomic mass is 19.1. The molecule has 1 aromatic rings. The second-order valence-electron chi connectivity index (χ2n) is 3.83. The highest BCUT2D eigenvalue weighted by Gasteiger charge is 2.25. The van der Waals surface area contributed by atoms with E-state index in [0.717, 1.165) is 0 Å². The monoisotopic (exact) mass is 227 g/mol. The van der Waals surface area contributed by atoms with Crippen LogP contribution >= 0.6 is 0 Å². The van der Waals surface area contributed by atoms with E-state index in [2.05, 4.69) is 5.32 Å². The van der Waals surface area contributed by atoms with Crippen molar-refractivity contribution >= 4 is 5.69 Å². The number of anilines is 1. The molecule has 5 heteroatoms. The third-order valence-electron chi connectivity index (χ3n) is 2.61. The minimum Gasteiger partial charge on any atom is -0.508 e. The predicted molar refractivity (Wildman–Crippen MR) is 57.5 cm³/mol. The van der Waals surface area contributed by atoms with Crippen LogP contribution in [0, 0.1) is 0 Å². The van der Waals surface area contributed by atoms with Gasteiger partial charge in [-0.15, -0.1) is 0 Å². The van der Waals surface area contributed by atoms with Gasteiger partial charge in [0, 0.05) is 12.7 Å². The molecule has 4 nitrogen and oxygen atoms in total. The van der Waals surface area contributed by atoms with Gasteiger partial charge >= 0.3 is 0 Å². The van der Waals surface area contributed by atoms with Gasteiger partial charge in [0.25, 0.3) is 0 Å². The molecule has 0 spiro atoms. The third-order valence-corrected chi connectivity index (χ3v) is 2.61. The SMILES string of the molecule is Oc1ccc(O)c(NC2CCOCC2F)c1. The number of hydrogen-bond acceptors (Lipinski definition) is 4. The number of alkyl halides is 1. The molecule has 3 N–H and O–H groups in total. The quantitative estimate of drug-likeness (QED) is 0.531. The standard InChI is InChI=1S/C11H14FNO3/c12-8-6-16-4-3-9(8)13-10-5-7(14)1-2-11(10)15/h1-2,5,8-9,13-15H,3-4,6H2. The number of aromatic hydroxyl groups is 2. The molecular formula is C11H14FNO3. The molecule has 2 unspecified atom stereocenters. The average molecular weight is 227 g/mol. The van der Waals surface area contributed by atoms with Crippen LogP contribution in [0.2, 0.25) is 0 Å². The summed E-state index contributed by atoms with van der Waals surface area (Å²) in [6.45, 7) is 0.564. The molecule has 1 aliphatic rings. The largest absolute Gasteiger partial charge is 0.508 e. The van der Waals surface area contributed by atoms with E-state index >= 15 is 0 Å². The first kappa shape index (κ1) is 11.0. The van der Waals surface area contributed by atoms with E-state index in [1.807, 2.05) is 0 Å². The summed E-state index contributed by atoms with van der Waals surface area (Å²) in [4.78, 5) is 0. The second-order valence-corrected chi connectivity index (χ2v) is 3.83. The first-order valence-corrected chi connectivity index (χ1v) is 5.17. The van der Waals surface area contributed by atoms with Crippen molar-refractivity contribution in [3.05, 3.63) is 18.2 Å². The smallest absolute Gasteiger partial charge is 0.143 e. The Balaban J connectivity index is 2.10. The molecule has 1 heterocycles. The van der Waals surface area contributed by atoms with Crippen molar-refractivity contribution in [1.29, 1.82) is 0 Å². The van der Waals surface area contributed by atoms with Crippen LogP contribution in [0.15, 0.2) is 18.2 Å². The number of halogens is 1. The maximum Gasteiger partial charge on any atom is 0.143 e. The molecule has 1 aliphatic heterocycles. The number of phenolic OH excluding ortho intramolecular Hbond substituents is 2. The first-order chi connectivity index (χ1) is 7.66. The van der Waals surface area contributed by atoms with Gasteiger partial charge in [-0.2, -0.15) is 0 Å². The molecule has 2 atom stereocenters. The van der Waals surface area contributed by atoms with Crippen LogP contribution < -0.4 is 5.32 Å². The van der Waals surface area contributed by atoms with Crippen LogP contribution in [-0.2, 0) is 4.74 Å². The summed E-state index contributed by atoms with van der Waals surface area (Å²) in [5.74, 6) is 0.0271. The normalized spacial score (nSPS) is 25.3. The molecular weight excluding hydrogens is 213 g/mol. The van der Waals surface area contributed by atoms with Crippen molar-refractivity contribution in [2.45, 2.75) is 18.6 Å². The number of rotatable bonds is 2. The second kappa shape index (κ2) is 4.57. The Morgan fingerprint density at radius 1 is 1.38 bits per heavy atom. The van der Waals surface area contributed by atoms with Crippen molar-refractivity contribution in [3.63, 3.8) is 0 Å². The first-order valence-electron chi connectivity index (χ1n) is 5.17. The number of phenols is 2. The Morgan fingerprint density at radius 2 is 2.19 bits per heavy atom. The topological polar surface area (TPSA) is 61.7 Å². The van der Waals surface area contributed by atoms with Crippen molar-refractivity contribution in [1.82, 2.24) is 0 Å². The van der Waals surface area contributed by atoms with Gasteiger partial charge in [0.1, 0.15) is 17.7 Å². The molecule has 88 valence electrons. The van der Waals surface area contributed by atoms with Gasteiger partial charge in [-0.3, -0.25) is 0 Å². The molecule has 0 bridgehead atoms. The number of nitrogens with one attached hydrogen (secondary N) is 1. The van der Waals surface area contributed by atoms with Crippen LogP contribution in [0.3, 0.4) is 0 Å². The van der Waals surface area contributed by atoms with Gasteiger partial charge < -0.3 is 20.3 Å². The molecule has 1 fully saturated rings. The van der Waals surface area contributed by atoms with E-state index in [0.29, 0.717) is 18.7 Å². The Hall–Kier alpha value is -1.49. The van der Waals surface area contributed by atoms with Gasteiger partial charge in [0.05, 0.1) is 18.3 Å². The average Bonchev–Trinajstić information content (AvgIpc) is 2.27. The number of ether oxygens (including phenoxy) is 1. The number of hydrogen-bond donors (Lipinski definition) is 3. The van der Waals surface area contributed by atoms with Crippen LogP contribution in [0.4, 0.5) is 10.1 Å². The summed E-state index contributed by atoms with van der Waals surface area (Å²) in [6, 6.07) is 3.72. The lowest BCUT2D eigenvalue weighted by atomic mass is 10.1. The molecule has 1 saturated heterocycles. The summed E-state index contributed by atoms with van der Waals surface area (Å²) in [7, 11) is 0. The lowest BCUT2D eigenvalue weighted by Gasteiger charge is -2.28. The highest BCUT2D eigenvalue weighted by Crippen LogP contribution is 2.29. The fourth-order valence-electron chi connectivity index (χ4n) is 1.71. The maximum atomic E-state index is 13.4. The Bertz CT molecular complexity index is 372. The van der Waals surface area contributed by atoms with Crippen molar-refractivity contribution in [2.24, 2.45) is 0 Å². The molecule has 0 aromatic heterocycles.